The predicted octanol–water partition coefficient (Wildman–Crippen LogP) is 6.00. The van der Waals surface area contributed by atoms with Crippen molar-refractivity contribution in [1.82, 2.24) is 0 Å². The lowest BCUT2D eigenvalue weighted by Crippen LogP contribution is -2.17. The first-order chi connectivity index (χ1) is 13.7. The first kappa shape index (κ1) is 22.5. The SMILES string of the molecule is CCCc1ccc(C(=O)Oc2c(C)cc(C(C)(C)C)cc2OC(=O)OCC)cc1. The fraction of sp³-hybridized carbons (Fsp3) is 0.417. The van der Waals surface area contributed by atoms with Gasteiger partial charge in [-0.3, -0.25) is 0 Å². The summed E-state index contributed by atoms with van der Waals surface area (Å²) in [5.74, 6) is -0.119. The van der Waals surface area contributed by atoms with E-state index < -0.39 is 12.1 Å². The molecule has 0 atom stereocenters. The molecule has 0 amide bonds. The van der Waals surface area contributed by atoms with Gasteiger partial charge in [-0.2, -0.15) is 0 Å². The van der Waals surface area contributed by atoms with Crippen LogP contribution >= 0.6 is 0 Å². The van der Waals surface area contributed by atoms with Crippen molar-refractivity contribution in [3.63, 3.8) is 0 Å². The van der Waals surface area contributed by atoms with E-state index >= 15 is 0 Å². The van der Waals surface area contributed by atoms with Crippen LogP contribution in [-0.2, 0) is 16.6 Å². The first-order valence-corrected chi connectivity index (χ1v) is 9.96. The highest BCUT2D eigenvalue weighted by atomic mass is 16.7. The zero-order valence-corrected chi connectivity index (χ0v) is 18.1. The molecule has 29 heavy (non-hydrogen) atoms. The normalized spacial score (nSPS) is 11.1. The second kappa shape index (κ2) is 9.59. The molecule has 0 aliphatic heterocycles. The van der Waals surface area contributed by atoms with E-state index in [0.717, 1.165) is 18.4 Å². The van der Waals surface area contributed by atoms with Crippen LogP contribution in [0.5, 0.6) is 11.5 Å². The van der Waals surface area contributed by atoms with E-state index in [0.29, 0.717) is 11.1 Å². The molecule has 2 aromatic carbocycles. The third-order valence-corrected chi connectivity index (χ3v) is 4.49. The molecule has 0 aliphatic rings. The van der Waals surface area contributed by atoms with Crippen molar-refractivity contribution >= 4 is 12.1 Å². The summed E-state index contributed by atoms with van der Waals surface area (Å²) < 4.78 is 15.9. The van der Waals surface area contributed by atoms with Crippen molar-refractivity contribution in [2.75, 3.05) is 6.61 Å². The summed E-state index contributed by atoms with van der Waals surface area (Å²) in [7, 11) is 0. The second-order valence-corrected chi connectivity index (χ2v) is 7.99. The molecule has 0 fully saturated rings. The quantitative estimate of drug-likeness (QED) is 0.339. The van der Waals surface area contributed by atoms with Crippen molar-refractivity contribution in [2.45, 2.75) is 59.8 Å². The van der Waals surface area contributed by atoms with Crippen LogP contribution < -0.4 is 9.47 Å². The van der Waals surface area contributed by atoms with Gasteiger partial charge in [0.05, 0.1) is 12.2 Å². The zero-order chi connectivity index (χ0) is 21.6. The Morgan fingerprint density at radius 2 is 1.62 bits per heavy atom. The Hall–Kier alpha value is -2.82. The van der Waals surface area contributed by atoms with E-state index in [9.17, 15) is 9.59 Å². The van der Waals surface area contributed by atoms with Gasteiger partial charge in [-0.1, -0.05) is 52.3 Å². The number of hydrogen-bond acceptors (Lipinski definition) is 5. The van der Waals surface area contributed by atoms with E-state index in [2.05, 4.69) is 27.7 Å². The Balaban J connectivity index is 2.36. The summed E-state index contributed by atoms with van der Waals surface area (Å²) in [4.78, 5) is 24.6. The van der Waals surface area contributed by atoms with Gasteiger partial charge in [0.1, 0.15) is 0 Å². The number of hydrogen-bond donors (Lipinski definition) is 0. The number of aryl methyl sites for hydroxylation is 2. The van der Waals surface area contributed by atoms with Crippen LogP contribution in [-0.4, -0.2) is 18.7 Å². The lowest BCUT2D eigenvalue weighted by atomic mass is 9.86. The Kier molecular flexibility index (Phi) is 7.43. The molecule has 156 valence electrons. The molecule has 2 rings (SSSR count). The van der Waals surface area contributed by atoms with Crippen molar-refractivity contribution in [2.24, 2.45) is 0 Å². The van der Waals surface area contributed by atoms with Gasteiger partial charge >= 0.3 is 12.1 Å². The fourth-order valence-corrected chi connectivity index (χ4v) is 2.87. The smallest absolute Gasteiger partial charge is 0.434 e. The standard InChI is InChI=1S/C24H30O5/c1-7-9-17-10-12-18(13-11-17)22(25)29-21-16(3)14-19(24(4,5)6)15-20(21)28-23(26)27-8-2/h10-15H,7-9H2,1-6H3. The molecule has 5 heteroatoms. The molecule has 0 aliphatic carbocycles. The predicted molar refractivity (Wildman–Crippen MR) is 113 cm³/mol. The molecule has 0 unspecified atom stereocenters. The van der Waals surface area contributed by atoms with Gasteiger partial charge in [0.15, 0.2) is 11.5 Å². The summed E-state index contributed by atoms with van der Waals surface area (Å²) in [6, 6.07) is 11.0. The number of carbonyl (C=O) groups excluding carboxylic acids is 2. The average Bonchev–Trinajstić information content (AvgIpc) is 2.64. The summed E-state index contributed by atoms with van der Waals surface area (Å²) >= 11 is 0. The van der Waals surface area contributed by atoms with Gasteiger partial charge in [0.2, 0.25) is 0 Å². The third-order valence-electron chi connectivity index (χ3n) is 4.49. The maximum absolute atomic E-state index is 12.7. The minimum absolute atomic E-state index is 0.171. The van der Waals surface area contributed by atoms with Gasteiger partial charge in [0.25, 0.3) is 0 Å². The molecule has 0 heterocycles. The molecule has 0 spiro atoms. The number of carbonyl (C=O) groups is 2. The molecule has 0 saturated heterocycles. The molecule has 0 aromatic heterocycles. The number of ether oxygens (including phenoxy) is 3. The Labute approximate surface area is 173 Å². The van der Waals surface area contributed by atoms with Gasteiger partial charge in [-0.25, -0.2) is 9.59 Å². The number of benzene rings is 2. The maximum atomic E-state index is 12.7. The molecule has 5 nitrogen and oxygen atoms in total. The second-order valence-electron chi connectivity index (χ2n) is 7.99. The van der Waals surface area contributed by atoms with Crippen molar-refractivity contribution < 1.29 is 23.8 Å². The summed E-state index contributed by atoms with van der Waals surface area (Å²) in [5.41, 5.74) is 3.09. The van der Waals surface area contributed by atoms with Crippen LogP contribution in [0.4, 0.5) is 4.79 Å². The summed E-state index contributed by atoms with van der Waals surface area (Å²) in [5, 5.41) is 0. The maximum Gasteiger partial charge on any atom is 0.513 e. The molecule has 0 bridgehead atoms. The minimum Gasteiger partial charge on any atom is -0.434 e. The van der Waals surface area contributed by atoms with Crippen molar-refractivity contribution in [1.29, 1.82) is 0 Å². The molecular formula is C24H30O5. The largest absolute Gasteiger partial charge is 0.513 e. The molecule has 0 N–H and O–H groups in total. The van der Waals surface area contributed by atoms with E-state index in [-0.39, 0.29) is 23.5 Å². The average molecular weight is 398 g/mol. The molecular weight excluding hydrogens is 368 g/mol. The highest BCUT2D eigenvalue weighted by Gasteiger charge is 2.23. The van der Waals surface area contributed by atoms with Crippen LogP contribution in [0.15, 0.2) is 36.4 Å². The molecule has 0 radical (unpaired) electrons. The zero-order valence-electron chi connectivity index (χ0n) is 18.1. The Morgan fingerprint density at radius 3 is 2.17 bits per heavy atom. The lowest BCUT2D eigenvalue weighted by Gasteiger charge is -2.22. The topological polar surface area (TPSA) is 61.8 Å². The fourth-order valence-electron chi connectivity index (χ4n) is 2.87. The highest BCUT2D eigenvalue weighted by molar-refractivity contribution is 5.91. The van der Waals surface area contributed by atoms with Crippen LogP contribution in [0.2, 0.25) is 0 Å². The minimum atomic E-state index is -0.834. The van der Waals surface area contributed by atoms with Gasteiger partial charge in [-0.15, -0.1) is 0 Å². The van der Waals surface area contributed by atoms with E-state index in [1.54, 1.807) is 25.1 Å². The Morgan fingerprint density at radius 1 is 0.966 bits per heavy atom. The van der Waals surface area contributed by atoms with Crippen LogP contribution in [0.1, 0.15) is 68.1 Å². The van der Waals surface area contributed by atoms with E-state index in [1.165, 1.54) is 5.56 Å². The monoisotopic (exact) mass is 398 g/mol. The lowest BCUT2D eigenvalue weighted by molar-refractivity contribution is 0.0716. The number of rotatable bonds is 6. The van der Waals surface area contributed by atoms with Gasteiger partial charge in [-0.05, 0) is 60.6 Å². The van der Waals surface area contributed by atoms with E-state index in [1.807, 2.05) is 25.1 Å². The van der Waals surface area contributed by atoms with Crippen LogP contribution in [0, 0.1) is 6.92 Å². The van der Waals surface area contributed by atoms with Crippen LogP contribution in [0.3, 0.4) is 0 Å². The Bertz CT molecular complexity index is 860. The summed E-state index contributed by atoms with van der Waals surface area (Å²) in [6.07, 6.45) is 1.16. The molecule has 2 aromatic rings. The highest BCUT2D eigenvalue weighted by Crippen LogP contribution is 2.37. The first-order valence-electron chi connectivity index (χ1n) is 9.96. The van der Waals surface area contributed by atoms with Crippen molar-refractivity contribution in [3.8, 4) is 11.5 Å². The molecule has 0 saturated carbocycles. The third kappa shape index (κ3) is 6.08. The van der Waals surface area contributed by atoms with Gasteiger partial charge < -0.3 is 14.2 Å². The van der Waals surface area contributed by atoms with Gasteiger partial charge in [0, 0.05) is 0 Å². The van der Waals surface area contributed by atoms with E-state index in [4.69, 9.17) is 14.2 Å². The summed E-state index contributed by atoms with van der Waals surface area (Å²) in [6.45, 7) is 12.0. The van der Waals surface area contributed by atoms with Crippen LogP contribution in [0.25, 0.3) is 0 Å². The van der Waals surface area contributed by atoms with Crippen molar-refractivity contribution in [3.05, 3.63) is 58.7 Å². The number of esters is 1.